The van der Waals surface area contributed by atoms with Crippen LogP contribution in [0.25, 0.3) is 10.9 Å². The van der Waals surface area contributed by atoms with Crippen molar-refractivity contribution < 1.29 is 4.74 Å². The zero-order chi connectivity index (χ0) is 14.8. The van der Waals surface area contributed by atoms with Gasteiger partial charge in [0.05, 0.1) is 24.9 Å². The Kier molecular flexibility index (Phi) is 3.32. The second-order valence-corrected chi connectivity index (χ2v) is 5.14. The van der Waals surface area contributed by atoms with Crippen LogP contribution in [0.3, 0.4) is 0 Å². The Bertz CT molecular complexity index is 780. The number of aromatic nitrogens is 4. The number of H-pyrrole nitrogens is 1. The molecule has 0 amide bonds. The van der Waals surface area contributed by atoms with Crippen LogP contribution < -0.4 is 10.2 Å². The summed E-state index contributed by atoms with van der Waals surface area (Å²) in [5.74, 6) is 1.51. The van der Waals surface area contributed by atoms with E-state index >= 15 is 0 Å². The molecule has 1 aromatic carbocycles. The number of benzene rings is 1. The van der Waals surface area contributed by atoms with Gasteiger partial charge in [0.15, 0.2) is 0 Å². The summed E-state index contributed by atoms with van der Waals surface area (Å²) in [5.41, 5.74) is 1.99. The molecule has 1 aliphatic rings. The van der Waals surface area contributed by atoms with Crippen molar-refractivity contribution >= 4 is 28.4 Å². The van der Waals surface area contributed by atoms with Gasteiger partial charge in [-0.25, -0.2) is 4.98 Å². The molecule has 7 nitrogen and oxygen atoms in total. The van der Waals surface area contributed by atoms with Crippen molar-refractivity contribution in [3.8, 4) is 0 Å². The fourth-order valence-electron chi connectivity index (χ4n) is 2.50. The maximum absolute atomic E-state index is 5.36. The van der Waals surface area contributed by atoms with Crippen LogP contribution in [0.2, 0.25) is 0 Å². The minimum Gasteiger partial charge on any atom is -0.378 e. The molecule has 0 bridgehead atoms. The Morgan fingerprint density at radius 1 is 1.18 bits per heavy atom. The molecule has 2 N–H and O–H groups in total. The number of anilines is 3. The Morgan fingerprint density at radius 2 is 2.09 bits per heavy atom. The Morgan fingerprint density at radius 3 is 3.00 bits per heavy atom. The molecule has 0 unspecified atom stereocenters. The Labute approximate surface area is 127 Å². The maximum atomic E-state index is 5.36. The van der Waals surface area contributed by atoms with E-state index in [9.17, 15) is 0 Å². The lowest BCUT2D eigenvalue weighted by Crippen LogP contribution is -2.37. The standard InChI is InChI=1S/C15H16N6O/c1-2-13-11(10-17-20-13)9-12(1)18-14-3-4-16-15(19-14)21-5-7-22-8-6-21/h1-4,9-10H,5-8H2,(H,17,20)(H,16,18,19). The molecule has 0 saturated carbocycles. The average molecular weight is 296 g/mol. The molecule has 112 valence electrons. The second-order valence-electron chi connectivity index (χ2n) is 5.14. The number of morpholine rings is 1. The van der Waals surface area contributed by atoms with Gasteiger partial charge in [-0.1, -0.05) is 0 Å². The Balaban J connectivity index is 1.56. The molecule has 3 aromatic rings. The number of aromatic amines is 1. The lowest BCUT2D eigenvalue weighted by molar-refractivity contribution is 0.122. The highest BCUT2D eigenvalue weighted by Gasteiger charge is 2.14. The molecular formula is C15H16N6O. The van der Waals surface area contributed by atoms with Crippen LogP contribution in [0.15, 0.2) is 36.7 Å². The van der Waals surface area contributed by atoms with Crippen LogP contribution in [-0.4, -0.2) is 46.5 Å². The molecule has 2 aromatic heterocycles. The summed E-state index contributed by atoms with van der Waals surface area (Å²) >= 11 is 0. The van der Waals surface area contributed by atoms with Gasteiger partial charge in [-0.2, -0.15) is 10.1 Å². The third-order valence-corrected chi connectivity index (χ3v) is 3.65. The highest BCUT2D eigenvalue weighted by atomic mass is 16.5. The molecule has 0 atom stereocenters. The maximum Gasteiger partial charge on any atom is 0.227 e. The van der Waals surface area contributed by atoms with Crippen molar-refractivity contribution in [1.82, 2.24) is 20.2 Å². The number of nitrogens with zero attached hydrogens (tertiary/aromatic N) is 4. The first kappa shape index (κ1) is 13.0. The van der Waals surface area contributed by atoms with E-state index in [0.717, 1.165) is 54.7 Å². The fraction of sp³-hybridized carbons (Fsp3) is 0.267. The first-order valence-corrected chi connectivity index (χ1v) is 7.24. The van der Waals surface area contributed by atoms with E-state index < -0.39 is 0 Å². The SMILES string of the molecule is c1cc(Nc2ccc3[nH]ncc3c2)nc(N2CCOCC2)n1. The first-order chi connectivity index (χ1) is 10.9. The normalized spacial score (nSPS) is 15.2. The fourth-order valence-corrected chi connectivity index (χ4v) is 2.50. The number of ether oxygens (including phenoxy) is 1. The summed E-state index contributed by atoms with van der Waals surface area (Å²) < 4.78 is 5.36. The third kappa shape index (κ3) is 2.58. The summed E-state index contributed by atoms with van der Waals surface area (Å²) in [6, 6.07) is 7.89. The van der Waals surface area contributed by atoms with E-state index in [-0.39, 0.29) is 0 Å². The molecule has 0 aliphatic carbocycles. The minimum atomic E-state index is 0.720. The summed E-state index contributed by atoms with van der Waals surface area (Å²) in [7, 11) is 0. The molecule has 0 radical (unpaired) electrons. The van der Waals surface area contributed by atoms with Crippen LogP contribution in [0.5, 0.6) is 0 Å². The van der Waals surface area contributed by atoms with E-state index in [1.807, 2.05) is 24.3 Å². The van der Waals surface area contributed by atoms with Gasteiger partial charge >= 0.3 is 0 Å². The highest BCUT2D eigenvalue weighted by Crippen LogP contribution is 2.21. The minimum absolute atomic E-state index is 0.720. The number of hydrogen-bond donors (Lipinski definition) is 2. The van der Waals surface area contributed by atoms with Gasteiger partial charge < -0.3 is 15.0 Å². The van der Waals surface area contributed by atoms with Gasteiger partial charge in [0.2, 0.25) is 5.95 Å². The Hall–Kier alpha value is -2.67. The summed E-state index contributed by atoms with van der Waals surface area (Å²) in [6.07, 6.45) is 3.58. The molecule has 7 heteroatoms. The van der Waals surface area contributed by atoms with E-state index in [4.69, 9.17) is 4.74 Å². The van der Waals surface area contributed by atoms with Crippen molar-refractivity contribution in [3.63, 3.8) is 0 Å². The summed E-state index contributed by atoms with van der Waals surface area (Å²) in [5, 5.41) is 11.3. The van der Waals surface area contributed by atoms with E-state index in [2.05, 4.69) is 30.4 Å². The predicted molar refractivity (Wildman–Crippen MR) is 84.4 cm³/mol. The molecule has 0 spiro atoms. The lowest BCUT2D eigenvalue weighted by atomic mass is 10.2. The first-order valence-electron chi connectivity index (χ1n) is 7.24. The highest BCUT2D eigenvalue weighted by molar-refractivity contribution is 5.82. The number of fused-ring (bicyclic) bond motifs is 1. The van der Waals surface area contributed by atoms with Gasteiger partial charge in [0.25, 0.3) is 0 Å². The van der Waals surface area contributed by atoms with Crippen molar-refractivity contribution in [2.45, 2.75) is 0 Å². The van der Waals surface area contributed by atoms with Gasteiger partial charge in [0.1, 0.15) is 5.82 Å². The lowest BCUT2D eigenvalue weighted by Gasteiger charge is -2.26. The number of nitrogens with one attached hydrogen (secondary N) is 2. The quantitative estimate of drug-likeness (QED) is 0.769. The second kappa shape index (κ2) is 5.61. The smallest absolute Gasteiger partial charge is 0.227 e. The van der Waals surface area contributed by atoms with Crippen LogP contribution in [0.1, 0.15) is 0 Å². The van der Waals surface area contributed by atoms with Gasteiger partial charge in [0, 0.05) is 30.4 Å². The zero-order valence-corrected chi connectivity index (χ0v) is 12.0. The van der Waals surface area contributed by atoms with E-state index in [1.54, 1.807) is 12.4 Å². The number of hydrogen-bond acceptors (Lipinski definition) is 6. The van der Waals surface area contributed by atoms with Crippen molar-refractivity contribution in [2.24, 2.45) is 0 Å². The van der Waals surface area contributed by atoms with Crippen LogP contribution >= 0.6 is 0 Å². The van der Waals surface area contributed by atoms with Crippen molar-refractivity contribution in [1.29, 1.82) is 0 Å². The molecule has 4 rings (SSSR count). The molecule has 3 heterocycles. The molecular weight excluding hydrogens is 280 g/mol. The zero-order valence-electron chi connectivity index (χ0n) is 12.0. The van der Waals surface area contributed by atoms with Crippen LogP contribution in [0, 0.1) is 0 Å². The largest absolute Gasteiger partial charge is 0.378 e. The molecule has 1 saturated heterocycles. The summed E-state index contributed by atoms with van der Waals surface area (Å²) in [4.78, 5) is 11.1. The van der Waals surface area contributed by atoms with Gasteiger partial charge in [-0.05, 0) is 24.3 Å². The monoisotopic (exact) mass is 296 g/mol. The third-order valence-electron chi connectivity index (χ3n) is 3.65. The van der Waals surface area contributed by atoms with Crippen LogP contribution in [0.4, 0.5) is 17.5 Å². The molecule has 1 aliphatic heterocycles. The van der Waals surface area contributed by atoms with Crippen molar-refractivity contribution in [2.75, 3.05) is 36.5 Å². The number of rotatable bonds is 3. The molecule has 1 fully saturated rings. The summed E-state index contributed by atoms with van der Waals surface area (Å²) in [6.45, 7) is 3.09. The van der Waals surface area contributed by atoms with Crippen molar-refractivity contribution in [3.05, 3.63) is 36.7 Å². The van der Waals surface area contributed by atoms with Gasteiger partial charge in [-0.15, -0.1) is 0 Å². The predicted octanol–water partition coefficient (Wildman–Crippen LogP) is 1.93. The average Bonchev–Trinajstić information content (AvgIpc) is 3.04. The van der Waals surface area contributed by atoms with E-state index in [1.165, 1.54) is 0 Å². The van der Waals surface area contributed by atoms with E-state index in [0.29, 0.717) is 0 Å². The molecule has 22 heavy (non-hydrogen) atoms. The van der Waals surface area contributed by atoms with Crippen LogP contribution in [-0.2, 0) is 4.74 Å². The topological polar surface area (TPSA) is 79.0 Å². The van der Waals surface area contributed by atoms with Gasteiger partial charge in [-0.3, -0.25) is 5.10 Å².